The van der Waals surface area contributed by atoms with Crippen LogP contribution in [0.5, 0.6) is 0 Å². The summed E-state index contributed by atoms with van der Waals surface area (Å²) in [4.78, 5) is 10.8. The molecule has 1 unspecified atom stereocenters. The monoisotopic (exact) mass is 748 g/mol. The van der Waals surface area contributed by atoms with E-state index in [1.165, 1.54) is 52.5 Å². The van der Waals surface area contributed by atoms with Gasteiger partial charge < -0.3 is 4.42 Å². The summed E-state index contributed by atoms with van der Waals surface area (Å²) in [7, 11) is 0. The number of amidine groups is 1. The number of hydrogen-bond acceptors (Lipinski definition) is 3. The van der Waals surface area contributed by atoms with E-state index in [0.29, 0.717) is 5.84 Å². The number of furan rings is 1. The molecule has 4 heteroatoms. The Morgan fingerprint density at radius 1 is 0.526 bits per heavy atom. The van der Waals surface area contributed by atoms with Gasteiger partial charge in [-0.15, -0.1) is 11.3 Å². The highest BCUT2D eigenvalue weighted by Crippen LogP contribution is 2.43. The molecule has 11 rings (SSSR count). The molecule has 0 aliphatic rings. The van der Waals surface area contributed by atoms with Crippen molar-refractivity contribution in [1.29, 1.82) is 0 Å². The Bertz CT molecular complexity index is 3440. The molecule has 0 aliphatic carbocycles. The number of thiophene rings is 1. The summed E-state index contributed by atoms with van der Waals surface area (Å²) in [6.07, 6.45) is 0. The molecule has 0 spiro atoms. The van der Waals surface area contributed by atoms with Crippen molar-refractivity contribution in [2.75, 3.05) is 0 Å². The van der Waals surface area contributed by atoms with E-state index in [9.17, 15) is 0 Å². The third-order valence-electron chi connectivity index (χ3n) is 11.5. The summed E-state index contributed by atoms with van der Waals surface area (Å²) in [6, 6.07) is 62.7. The van der Waals surface area contributed by atoms with Gasteiger partial charge in [0.15, 0.2) is 5.84 Å². The molecule has 11 aromatic rings. The zero-order valence-corrected chi connectivity index (χ0v) is 32.3. The Hall–Kier alpha value is -6.88. The van der Waals surface area contributed by atoms with Gasteiger partial charge in [0.05, 0.1) is 6.04 Å². The maximum atomic E-state index is 6.62. The van der Waals surface area contributed by atoms with Crippen LogP contribution in [0, 0.1) is 0 Å². The maximum Gasteiger partial charge on any atom is 0.155 e. The fourth-order valence-corrected chi connectivity index (χ4v) is 9.74. The lowest BCUT2D eigenvalue weighted by atomic mass is 9.94. The van der Waals surface area contributed by atoms with Gasteiger partial charge in [-0.3, -0.25) is 4.99 Å². The number of nitrogens with zero attached hydrogens (tertiary/aromatic N) is 2. The van der Waals surface area contributed by atoms with E-state index in [1.54, 1.807) is 0 Å². The number of fused-ring (bicyclic) bond motifs is 11. The summed E-state index contributed by atoms with van der Waals surface area (Å²) >= 11 is 1.86. The van der Waals surface area contributed by atoms with Gasteiger partial charge in [0, 0.05) is 47.8 Å². The van der Waals surface area contributed by atoms with Gasteiger partial charge in [0.2, 0.25) is 0 Å². The lowest BCUT2D eigenvalue weighted by molar-refractivity contribution is 0.669. The third-order valence-corrected chi connectivity index (χ3v) is 12.6. The van der Waals surface area contributed by atoms with Gasteiger partial charge in [0.1, 0.15) is 11.2 Å². The minimum atomic E-state index is -0.0988. The molecule has 1 atom stereocenters. The van der Waals surface area contributed by atoms with Crippen molar-refractivity contribution in [2.45, 2.75) is 19.9 Å². The predicted molar refractivity (Wildman–Crippen MR) is 245 cm³/mol. The van der Waals surface area contributed by atoms with E-state index in [2.05, 4.69) is 184 Å². The Morgan fingerprint density at radius 3 is 2.04 bits per heavy atom. The molecule has 270 valence electrons. The van der Waals surface area contributed by atoms with Gasteiger partial charge in [0.25, 0.3) is 0 Å². The molecule has 2 aromatic heterocycles. The highest BCUT2D eigenvalue weighted by atomic mass is 32.1. The van der Waals surface area contributed by atoms with Crippen molar-refractivity contribution in [3.8, 4) is 11.1 Å². The van der Waals surface area contributed by atoms with Crippen LogP contribution in [0.4, 0.5) is 0 Å². The minimum Gasteiger partial charge on any atom is -0.456 e. The molecule has 0 saturated heterocycles. The first kappa shape index (κ1) is 33.5. The van der Waals surface area contributed by atoms with Gasteiger partial charge in [-0.1, -0.05) is 140 Å². The van der Waals surface area contributed by atoms with Crippen molar-refractivity contribution in [3.05, 3.63) is 193 Å². The summed E-state index contributed by atoms with van der Waals surface area (Å²) in [5.74, 6) is 0.700. The van der Waals surface area contributed by atoms with Crippen molar-refractivity contribution < 1.29 is 4.42 Å². The molecule has 0 bridgehead atoms. The lowest BCUT2D eigenvalue weighted by Crippen LogP contribution is -2.06. The molecule has 0 saturated carbocycles. The van der Waals surface area contributed by atoms with Crippen LogP contribution in [0.3, 0.4) is 0 Å². The predicted octanol–water partition coefficient (Wildman–Crippen LogP) is 15.1. The Balaban J connectivity index is 1.10. The van der Waals surface area contributed by atoms with Crippen LogP contribution in [0.25, 0.3) is 85.6 Å². The van der Waals surface area contributed by atoms with E-state index in [4.69, 9.17) is 14.4 Å². The average Bonchev–Trinajstić information content (AvgIpc) is 3.85. The van der Waals surface area contributed by atoms with Crippen molar-refractivity contribution in [2.24, 2.45) is 9.98 Å². The Kier molecular flexibility index (Phi) is 7.87. The first-order valence-corrected chi connectivity index (χ1v) is 20.3. The highest BCUT2D eigenvalue weighted by molar-refractivity contribution is 7.26. The van der Waals surface area contributed by atoms with E-state index in [-0.39, 0.29) is 6.04 Å². The molecule has 0 aliphatic heterocycles. The minimum absolute atomic E-state index is 0.0988. The second-order valence-electron chi connectivity index (χ2n) is 14.9. The average molecular weight is 749 g/mol. The first-order chi connectivity index (χ1) is 28.1. The SMILES string of the molecule is CC(=NC(=NC(C)c1ccccc1)c1ccc2ccc3ccccc3c2c1)c1cccc2oc3cccc(-c4ccc5sc6ccc7ccccc7c6c5c4)c3c12. The van der Waals surface area contributed by atoms with Gasteiger partial charge in [-0.05, 0) is 99.3 Å². The van der Waals surface area contributed by atoms with Gasteiger partial charge in [-0.2, -0.15) is 0 Å². The maximum absolute atomic E-state index is 6.62. The molecule has 0 N–H and O–H groups in total. The molecule has 0 radical (unpaired) electrons. The fraction of sp³-hybridized carbons (Fsp3) is 0.0566. The fourth-order valence-electron chi connectivity index (χ4n) is 8.64. The number of hydrogen-bond donors (Lipinski definition) is 0. The summed E-state index contributed by atoms with van der Waals surface area (Å²) in [5, 5.41) is 12.1. The van der Waals surface area contributed by atoms with Crippen molar-refractivity contribution in [1.82, 2.24) is 0 Å². The molecule has 0 amide bonds. The smallest absolute Gasteiger partial charge is 0.155 e. The zero-order chi connectivity index (χ0) is 38.0. The van der Waals surface area contributed by atoms with E-state index >= 15 is 0 Å². The van der Waals surface area contributed by atoms with E-state index in [0.717, 1.165) is 55.5 Å². The number of aliphatic imine (C=N–C) groups is 2. The lowest BCUT2D eigenvalue weighted by Gasteiger charge is -2.13. The van der Waals surface area contributed by atoms with E-state index < -0.39 is 0 Å². The summed E-state index contributed by atoms with van der Waals surface area (Å²) in [5.41, 5.74) is 8.03. The van der Waals surface area contributed by atoms with Crippen LogP contribution in [0.15, 0.2) is 190 Å². The van der Waals surface area contributed by atoms with Gasteiger partial charge >= 0.3 is 0 Å². The molecular weight excluding hydrogens is 713 g/mol. The van der Waals surface area contributed by atoms with Crippen LogP contribution < -0.4 is 0 Å². The normalized spacial score (nSPS) is 13.2. The van der Waals surface area contributed by atoms with Crippen LogP contribution >= 0.6 is 11.3 Å². The van der Waals surface area contributed by atoms with Crippen LogP contribution in [-0.2, 0) is 0 Å². The van der Waals surface area contributed by atoms with Gasteiger partial charge in [-0.25, -0.2) is 4.99 Å². The van der Waals surface area contributed by atoms with Crippen LogP contribution in [0.1, 0.15) is 36.6 Å². The molecule has 3 nitrogen and oxygen atoms in total. The molecule has 9 aromatic carbocycles. The molecular formula is C53H36N2OS. The Labute approximate surface area is 333 Å². The molecule has 57 heavy (non-hydrogen) atoms. The van der Waals surface area contributed by atoms with Crippen molar-refractivity contribution in [3.63, 3.8) is 0 Å². The van der Waals surface area contributed by atoms with Crippen LogP contribution in [-0.4, -0.2) is 11.5 Å². The zero-order valence-electron chi connectivity index (χ0n) is 31.5. The van der Waals surface area contributed by atoms with Crippen molar-refractivity contribution >= 4 is 97.3 Å². The number of rotatable bonds is 5. The molecule has 0 fully saturated rings. The first-order valence-electron chi connectivity index (χ1n) is 19.5. The quantitative estimate of drug-likeness (QED) is 0.0981. The topological polar surface area (TPSA) is 37.9 Å². The summed E-state index contributed by atoms with van der Waals surface area (Å²) in [6.45, 7) is 4.24. The number of benzene rings is 9. The third kappa shape index (κ3) is 5.63. The summed E-state index contributed by atoms with van der Waals surface area (Å²) < 4.78 is 9.22. The largest absolute Gasteiger partial charge is 0.456 e. The standard InChI is InChI=1S/C53H36N2OS/c1-32(34-12-4-3-5-13-34)54-53(39-25-24-37-23-22-35-14-6-8-16-41(35)44(37)31-39)55-33(2)40-18-10-20-46-51(40)52-43(19-11-21-47(52)56-46)38-27-28-48-45(30-38)50-42-17-9-7-15-36(42)26-29-49(50)57-48/h3-32H,1-2H3. The van der Waals surface area contributed by atoms with Crippen LogP contribution in [0.2, 0.25) is 0 Å². The second kappa shape index (κ2) is 13.4. The molecule has 2 heterocycles. The van der Waals surface area contributed by atoms with E-state index in [1.807, 2.05) is 17.4 Å². The highest BCUT2D eigenvalue weighted by Gasteiger charge is 2.19. The second-order valence-corrected chi connectivity index (χ2v) is 16.0. The Morgan fingerprint density at radius 2 is 1.19 bits per heavy atom.